The highest BCUT2D eigenvalue weighted by atomic mass is 19.1. The van der Waals surface area contributed by atoms with E-state index in [0.717, 1.165) is 0 Å². The first-order chi connectivity index (χ1) is 7.80. The van der Waals surface area contributed by atoms with E-state index in [-0.39, 0.29) is 0 Å². The number of benzene rings is 1. The third-order valence-corrected chi connectivity index (χ3v) is 3.23. The van der Waals surface area contributed by atoms with Crippen LogP contribution in [-0.2, 0) is 15.1 Å². The van der Waals surface area contributed by atoms with Gasteiger partial charge in [0.25, 0.3) is 0 Å². The van der Waals surface area contributed by atoms with E-state index in [9.17, 15) is 9.18 Å². The second-order valence-corrected chi connectivity index (χ2v) is 5.30. The Bertz CT molecular complexity index is 464. The molecule has 0 spiro atoms. The summed E-state index contributed by atoms with van der Waals surface area (Å²) in [7, 11) is 0. The summed E-state index contributed by atoms with van der Waals surface area (Å²) < 4.78 is 19.2. The lowest BCUT2D eigenvalue weighted by molar-refractivity contribution is -0.138. The molecule has 0 aliphatic carbocycles. The highest BCUT2D eigenvalue weighted by molar-refractivity contribution is 5.78. The van der Waals surface area contributed by atoms with Gasteiger partial charge >= 0.3 is 5.97 Å². The predicted molar refractivity (Wildman–Crippen MR) is 60.0 cm³/mol. The molecule has 0 amide bonds. The lowest BCUT2D eigenvalue weighted by atomic mass is 9.73. The van der Waals surface area contributed by atoms with Gasteiger partial charge < -0.3 is 9.84 Å². The summed E-state index contributed by atoms with van der Waals surface area (Å²) in [6.45, 7) is 5.55. The van der Waals surface area contributed by atoms with Crippen molar-refractivity contribution in [1.82, 2.24) is 0 Å². The minimum Gasteiger partial charge on any atom is -0.479 e. The van der Waals surface area contributed by atoms with Crippen LogP contribution < -0.4 is 0 Å². The topological polar surface area (TPSA) is 49.8 Å². The Labute approximate surface area is 99.2 Å². The van der Waals surface area contributed by atoms with Crippen LogP contribution in [0.4, 0.5) is 4.39 Å². The molecule has 0 bridgehead atoms. The fourth-order valence-electron chi connectivity index (χ4n) is 2.32. The van der Waals surface area contributed by atoms with Crippen LogP contribution in [0, 0.1) is 11.2 Å². The fraction of sp³-hybridized carbons (Fsp3) is 0.462. The summed E-state index contributed by atoms with van der Waals surface area (Å²) in [5, 5.41) is 9.06. The van der Waals surface area contributed by atoms with Gasteiger partial charge in [-0.15, -0.1) is 0 Å². The van der Waals surface area contributed by atoms with Crippen molar-refractivity contribution < 1.29 is 19.0 Å². The maximum absolute atomic E-state index is 13.8. The number of hydrogen-bond donors (Lipinski definition) is 1. The Morgan fingerprint density at radius 2 is 2.00 bits per heavy atom. The number of carboxylic acid groups (broad SMARTS) is 1. The number of aliphatic carboxylic acids is 1. The molecule has 2 atom stereocenters. The molecule has 0 unspecified atom stereocenters. The van der Waals surface area contributed by atoms with Crippen molar-refractivity contribution in [2.24, 2.45) is 5.41 Å². The Balaban J connectivity index is 2.53. The van der Waals surface area contributed by atoms with Crippen LogP contribution in [0.3, 0.4) is 0 Å². The zero-order valence-corrected chi connectivity index (χ0v) is 10.0. The summed E-state index contributed by atoms with van der Waals surface area (Å²) in [6.07, 6.45) is -0.973. The number of hydrogen-bond acceptors (Lipinski definition) is 2. The molecule has 1 saturated heterocycles. The highest BCUT2D eigenvalue weighted by Crippen LogP contribution is 2.58. The van der Waals surface area contributed by atoms with Gasteiger partial charge in [-0.3, -0.25) is 0 Å². The lowest BCUT2D eigenvalue weighted by Crippen LogP contribution is -2.33. The van der Waals surface area contributed by atoms with Crippen LogP contribution in [0.15, 0.2) is 24.3 Å². The van der Waals surface area contributed by atoms with E-state index in [1.54, 1.807) is 18.2 Å². The van der Waals surface area contributed by atoms with Gasteiger partial charge in [0.1, 0.15) is 11.4 Å². The summed E-state index contributed by atoms with van der Waals surface area (Å²) in [5.41, 5.74) is -1.23. The molecule has 1 aliphatic heterocycles. The largest absolute Gasteiger partial charge is 0.479 e. The van der Waals surface area contributed by atoms with Gasteiger partial charge in [0.15, 0.2) is 6.10 Å². The number of rotatable bonds is 2. The van der Waals surface area contributed by atoms with E-state index < -0.39 is 28.9 Å². The summed E-state index contributed by atoms with van der Waals surface area (Å²) in [6, 6.07) is 6.17. The van der Waals surface area contributed by atoms with Gasteiger partial charge in [0.2, 0.25) is 0 Å². The number of epoxide rings is 1. The Hall–Kier alpha value is -1.42. The number of ether oxygens (including phenoxy) is 1. The summed E-state index contributed by atoms with van der Waals surface area (Å²) in [5.74, 6) is -1.48. The smallest absolute Gasteiger partial charge is 0.336 e. The Morgan fingerprint density at radius 3 is 2.41 bits per heavy atom. The van der Waals surface area contributed by atoms with Gasteiger partial charge in [-0.05, 0) is 11.5 Å². The van der Waals surface area contributed by atoms with E-state index in [0.29, 0.717) is 5.56 Å². The van der Waals surface area contributed by atoms with Crippen molar-refractivity contribution >= 4 is 5.97 Å². The molecule has 1 N–H and O–H groups in total. The second kappa shape index (κ2) is 3.53. The maximum Gasteiger partial charge on any atom is 0.336 e. The summed E-state index contributed by atoms with van der Waals surface area (Å²) in [4.78, 5) is 11.1. The molecule has 92 valence electrons. The molecule has 3 nitrogen and oxygen atoms in total. The summed E-state index contributed by atoms with van der Waals surface area (Å²) >= 11 is 0. The molecule has 0 saturated carbocycles. The van der Waals surface area contributed by atoms with Gasteiger partial charge in [0, 0.05) is 5.56 Å². The molecule has 0 aromatic heterocycles. The normalized spacial score (nSPS) is 27.9. The van der Waals surface area contributed by atoms with Crippen molar-refractivity contribution in [3.8, 4) is 0 Å². The van der Waals surface area contributed by atoms with Gasteiger partial charge in [0.05, 0.1) is 0 Å². The monoisotopic (exact) mass is 238 g/mol. The van der Waals surface area contributed by atoms with Crippen LogP contribution >= 0.6 is 0 Å². The average Bonchev–Trinajstić information content (AvgIpc) is 2.93. The van der Waals surface area contributed by atoms with Crippen molar-refractivity contribution in [3.05, 3.63) is 35.6 Å². The maximum atomic E-state index is 13.8. The van der Waals surface area contributed by atoms with Crippen LogP contribution in [0.2, 0.25) is 0 Å². The number of halogens is 1. The molecule has 4 heteroatoms. The van der Waals surface area contributed by atoms with Gasteiger partial charge in [-0.2, -0.15) is 0 Å². The standard InChI is InChI=1S/C13H15FO3/c1-12(2,3)13(10(17-13)11(15)16)8-6-4-5-7-9(8)14/h4-7,10H,1-3H3,(H,15,16)/t10-,13-/m1/s1. The fourth-order valence-corrected chi connectivity index (χ4v) is 2.32. The van der Waals surface area contributed by atoms with Crippen molar-refractivity contribution in [2.75, 3.05) is 0 Å². The van der Waals surface area contributed by atoms with E-state index in [4.69, 9.17) is 9.84 Å². The SMILES string of the molecule is CC(C)(C)[C@]1(c2ccccc2F)O[C@@H]1C(=O)O. The first-order valence-corrected chi connectivity index (χ1v) is 5.46. The molecule has 0 radical (unpaired) electrons. The first-order valence-electron chi connectivity index (χ1n) is 5.46. The molecule has 1 aliphatic rings. The van der Waals surface area contributed by atoms with E-state index in [1.807, 2.05) is 20.8 Å². The van der Waals surface area contributed by atoms with Crippen LogP contribution in [0.1, 0.15) is 26.3 Å². The second-order valence-electron chi connectivity index (χ2n) is 5.30. The van der Waals surface area contributed by atoms with Crippen LogP contribution in [0.5, 0.6) is 0 Å². The molecule has 1 aromatic carbocycles. The minimum absolute atomic E-state index is 0.319. The number of carboxylic acids is 1. The van der Waals surface area contributed by atoms with Crippen molar-refractivity contribution in [3.63, 3.8) is 0 Å². The van der Waals surface area contributed by atoms with E-state index in [1.165, 1.54) is 6.07 Å². The molecule has 1 heterocycles. The highest BCUT2D eigenvalue weighted by Gasteiger charge is 2.69. The molecular weight excluding hydrogens is 223 g/mol. The number of carbonyl (C=O) groups is 1. The van der Waals surface area contributed by atoms with E-state index >= 15 is 0 Å². The van der Waals surface area contributed by atoms with Crippen molar-refractivity contribution in [2.45, 2.75) is 32.5 Å². The quantitative estimate of drug-likeness (QED) is 0.805. The third-order valence-electron chi connectivity index (χ3n) is 3.23. The molecule has 17 heavy (non-hydrogen) atoms. The van der Waals surface area contributed by atoms with Crippen molar-refractivity contribution in [1.29, 1.82) is 0 Å². The first kappa shape index (κ1) is 12.0. The zero-order chi connectivity index (χ0) is 12.8. The zero-order valence-electron chi connectivity index (χ0n) is 10.0. The minimum atomic E-state index is -1.07. The molecule has 1 fully saturated rings. The van der Waals surface area contributed by atoms with Crippen LogP contribution in [-0.4, -0.2) is 17.2 Å². The van der Waals surface area contributed by atoms with Gasteiger partial charge in [-0.25, -0.2) is 9.18 Å². The molecule has 2 rings (SSSR count). The Morgan fingerprint density at radius 1 is 1.41 bits per heavy atom. The Kier molecular flexibility index (Phi) is 2.51. The lowest BCUT2D eigenvalue weighted by Gasteiger charge is -2.28. The predicted octanol–water partition coefficient (Wildman–Crippen LogP) is 2.55. The van der Waals surface area contributed by atoms with E-state index in [2.05, 4.69) is 0 Å². The van der Waals surface area contributed by atoms with Gasteiger partial charge in [-0.1, -0.05) is 39.0 Å². The van der Waals surface area contributed by atoms with Crippen LogP contribution in [0.25, 0.3) is 0 Å². The molecular formula is C13H15FO3. The third kappa shape index (κ3) is 1.63. The average molecular weight is 238 g/mol. The molecule has 1 aromatic rings.